The van der Waals surface area contributed by atoms with Crippen molar-refractivity contribution in [3.8, 4) is 5.75 Å². The highest BCUT2D eigenvalue weighted by atomic mass is 31.2. The van der Waals surface area contributed by atoms with Gasteiger partial charge in [0, 0.05) is 23.6 Å². The van der Waals surface area contributed by atoms with Gasteiger partial charge >= 0.3 is 7.82 Å². The van der Waals surface area contributed by atoms with E-state index in [0.29, 0.717) is 0 Å². The summed E-state index contributed by atoms with van der Waals surface area (Å²) < 4.78 is 15.5. The molecule has 0 aliphatic heterocycles. The van der Waals surface area contributed by atoms with Crippen LogP contribution in [0.25, 0.3) is 10.9 Å². The van der Waals surface area contributed by atoms with Crippen LogP contribution < -0.4 is 4.52 Å². The second kappa shape index (κ2) is 9.01. The molecule has 6 nitrogen and oxygen atoms in total. The number of fused-ring (bicyclic) bond motifs is 1. The zero-order chi connectivity index (χ0) is 19.2. The number of nitrogens with one attached hydrogen (secondary N) is 1. The van der Waals surface area contributed by atoms with Gasteiger partial charge in [-0.05, 0) is 43.8 Å². The van der Waals surface area contributed by atoms with E-state index in [9.17, 15) is 4.57 Å². The van der Waals surface area contributed by atoms with E-state index < -0.39 is 7.82 Å². The second-order valence-electron chi connectivity index (χ2n) is 6.15. The largest absolute Gasteiger partial charge is 0.524 e. The minimum Gasteiger partial charge on any atom is -0.404 e. The molecule has 0 saturated heterocycles. The number of aromatic nitrogens is 1. The third-order valence-corrected chi connectivity index (χ3v) is 4.12. The summed E-state index contributed by atoms with van der Waals surface area (Å²) in [6.45, 7) is 3.00. The van der Waals surface area contributed by atoms with Crippen molar-refractivity contribution in [3.63, 3.8) is 0 Å². The molecule has 0 bridgehead atoms. The summed E-state index contributed by atoms with van der Waals surface area (Å²) in [6.07, 6.45) is 2.58. The van der Waals surface area contributed by atoms with Gasteiger partial charge in [0.05, 0.1) is 0 Å². The van der Waals surface area contributed by atoms with Gasteiger partial charge in [0.25, 0.3) is 0 Å². The first-order valence-corrected chi connectivity index (χ1v) is 9.86. The van der Waals surface area contributed by atoms with Crippen molar-refractivity contribution in [3.05, 3.63) is 65.9 Å². The summed E-state index contributed by atoms with van der Waals surface area (Å²) >= 11 is 0. The van der Waals surface area contributed by atoms with Gasteiger partial charge in [0.2, 0.25) is 0 Å². The molecule has 0 aliphatic carbocycles. The van der Waals surface area contributed by atoms with Gasteiger partial charge in [-0.1, -0.05) is 43.3 Å². The zero-order valence-electron chi connectivity index (χ0n) is 15.2. The van der Waals surface area contributed by atoms with E-state index in [0.717, 1.165) is 29.4 Å². The summed E-state index contributed by atoms with van der Waals surface area (Å²) in [5.41, 5.74) is 3.15. The number of benzene rings is 2. The Morgan fingerprint density at radius 3 is 2.35 bits per heavy atom. The van der Waals surface area contributed by atoms with Gasteiger partial charge in [-0.2, -0.15) is 0 Å². The van der Waals surface area contributed by atoms with E-state index in [1.54, 1.807) is 12.1 Å². The Bertz CT molecular complexity index is 872. The number of phosphoric acid groups is 1. The number of phosphoric ester groups is 1. The topological polar surface area (TPSA) is 85.8 Å². The molecule has 0 spiro atoms. The smallest absolute Gasteiger partial charge is 0.404 e. The van der Waals surface area contributed by atoms with Crippen LogP contribution in [0.3, 0.4) is 0 Å². The fraction of sp³-hybridized carbons (Fsp3) is 0.263. The van der Waals surface area contributed by atoms with Crippen LogP contribution in [0.1, 0.15) is 18.1 Å². The molecule has 140 valence electrons. The predicted octanol–water partition coefficient (Wildman–Crippen LogP) is 3.95. The number of nitrogens with zero attached hydrogens (tertiary/aromatic N) is 1. The van der Waals surface area contributed by atoms with Crippen LogP contribution in [-0.4, -0.2) is 33.8 Å². The van der Waals surface area contributed by atoms with Crippen LogP contribution in [0.2, 0.25) is 0 Å². The molecule has 7 heteroatoms. The molecule has 3 N–H and O–H groups in total. The van der Waals surface area contributed by atoms with Crippen molar-refractivity contribution < 1.29 is 18.9 Å². The number of hydrogen-bond acceptors (Lipinski definition) is 3. The molecule has 3 aromatic rings. The number of hydrogen-bond donors (Lipinski definition) is 3. The van der Waals surface area contributed by atoms with E-state index in [2.05, 4.69) is 52.8 Å². The summed E-state index contributed by atoms with van der Waals surface area (Å²) in [6, 6.07) is 15.5. The third kappa shape index (κ3) is 6.00. The van der Waals surface area contributed by atoms with Crippen molar-refractivity contribution in [2.45, 2.75) is 19.9 Å². The molecule has 26 heavy (non-hydrogen) atoms. The fourth-order valence-corrected chi connectivity index (χ4v) is 3.06. The molecule has 0 unspecified atom stereocenters. The number of aryl methyl sites for hydroxylation is 1. The highest BCUT2D eigenvalue weighted by Gasteiger charge is 2.19. The van der Waals surface area contributed by atoms with Crippen molar-refractivity contribution in [2.75, 3.05) is 14.1 Å². The van der Waals surface area contributed by atoms with E-state index in [4.69, 9.17) is 9.79 Å². The molecular formula is C19H25N2O4P. The first-order chi connectivity index (χ1) is 12.3. The Morgan fingerprint density at radius 1 is 1.08 bits per heavy atom. The first-order valence-electron chi connectivity index (χ1n) is 8.33. The maximum Gasteiger partial charge on any atom is 0.524 e. The normalized spacial score (nSPS) is 11.3. The maximum atomic E-state index is 10.8. The lowest BCUT2D eigenvalue weighted by atomic mass is 10.1. The molecule has 0 fully saturated rings. The van der Waals surface area contributed by atoms with Crippen LogP contribution in [0, 0.1) is 0 Å². The Hall–Kier alpha value is -2.11. The lowest BCUT2D eigenvalue weighted by molar-refractivity contribution is 0.284. The van der Waals surface area contributed by atoms with E-state index >= 15 is 0 Å². The number of aromatic amines is 1. The molecule has 2 aromatic carbocycles. The lowest BCUT2D eigenvalue weighted by Crippen LogP contribution is -2.10. The second-order valence-corrected chi connectivity index (χ2v) is 7.32. The van der Waals surface area contributed by atoms with E-state index in [1.807, 2.05) is 25.3 Å². The van der Waals surface area contributed by atoms with Gasteiger partial charge < -0.3 is 14.4 Å². The van der Waals surface area contributed by atoms with E-state index in [-0.39, 0.29) is 5.75 Å². The summed E-state index contributed by atoms with van der Waals surface area (Å²) in [5.74, 6) is 0.212. The minimum absolute atomic E-state index is 0.212. The van der Waals surface area contributed by atoms with Crippen LogP contribution in [0.5, 0.6) is 5.75 Å². The van der Waals surface area contributed by atoms with Gasteiger partial charge in [-0.25, -0.2) is 4.57 Å². The Morgan fingerprint density at radius 2 is 1.77 bits per heavy atom. The van der Waals surface area contributed by atoms with Gasteiger partial charge in [-0.15, -0.1) is 0 Å². The molecule has 1 aromatic heterocycles. The third-order valence-electron chi connectivity index (χ3n) is 3.69. The standard InChI is InChI=1S/C10H12NO4P.C9H13N/c1-2-7-6-11-8-4-3-5-9(10(7)8)15-16(12,13)14;1-10(2)8-9-6-4-3-5-7-9/h3-6,11H,2H2,1H3,(H2,12,13,14);3-7H,8H2,1-2H3. The maximum absolute atomic E-state index is 10.8. The Balaban J connectivity index is 0.000000209. The highest BCUT2D eigenvalue weighted by molar-refractivity contribution is 7.46. The number of H-pyrrole nitrogens is 1. The molecule has 0 atom stereocenters. The monoisotopic (exact) mass is 376 g/mol. The molecule has 0 amide bonds. The van der Waals surface area contributed by atoms with E-state index in [1.165, 1.54) is 5.56 Å². The van der Waals surface area contributed by atoms with Gasteiger partial charge in [0.15, 0.2) is 0 Å². The quantitative estimate of drug-likeness (QED) is 0.587. The van der Waals surface area contributed by atoms with Crippen molar-refractivity contribution in [2.24, 2.45) is 0 Å². The molecular weight excluding hydrogens is 351 g/mol. The summed E-state index contributed by atoms with van der Waals surface area (Å²) in [5, 5.41) is 0.730. The molecule has 1 heterocycles. The highest BCUT2D eigenvalue weighted by Crippen LogP contribution is 2.41. The van der Waals surface area contributed by atoms with Crippen LogP contribution >= 0.6 is 7.82 Å². The van der Waals surface area contributed by atoms with Gasteiger partial charge in [0.1, 0.15) is 5.75 Å². The fourth-order valence-electron chi connectivity index (χ4n) is 2.65. The van der Waals surface area contributed by atoms with Crippen molar-refractivity contribution >= 4 is 18.7 Å². The average Bonchev–Trinajstić information content (AvgIpc) is 2.99. The van der Waals surface area contributed by atoms with Crippen molar-refractivity contribution in [1.82, 2.24) is 9.88 Å². The molecule has 3 rings (SSSR count). The van der Waals surface area contributed by atoms with Crippen LogP contribution in [-0.2, 0) is 17.5 Å². The molecule has 0 saturated carbocycles. The van der Waals surface area contributed by atoms with Gasteiger partial charge in [-0.3, -0.25) is 9.79 Å². The van der Waals surface area contributed by atoms with Crippen LogP contribution in [0.15, 0.2) is 54.7 Å². The lowest BCUT2D eigenvalue weighted by Gasteiger charge is -2.08. The predicted molar refractivity (Wildman–Crippen MR) is 104 cm³/mol. The number of rotatable bonds is 5. The SMILES string of the molecule is CCc1c[nH]c2cccc(OP(=O)(O)O)c12.CN(C)Cc1ccccc1. The first kappa shape index (κ1) is 20.2. The Kier molecular flexibility index (Phi) is 7.00. The average molecular weight is 376 g/mol. The Labute approximate surface area is 153 Å². The zero-order valence-corrected chi connectivity index (χ0v) is 16.1. The molecule has 0 aliphatic rings. The summed E-state index contributed by atoms with van der Waals surface area (Å²) in [4.78, 5) is 22.8. The minimum atomic E-state index is -4.51. The van der Waals surface area contributed by atoms with Crippen molar-refractivity contribution in [1.29, 1.82) is 0 Å². The molecule has 0 radical (unpaired) electrons. The summed E-state index contributed by atoms with van der Waals surface area (Å²) in [7, 11) is -0.359. The van der Waals surface area contributed by atoms with Crippen LogP contribution in [0.4, 0.5) is 0 Å².